The van der Waals surface area contributed by atoms with E-state index in [1.807, 2.05) is 57.0 Å². The molecular formula is C15H23N3OS. The predicted molar refractivity (Wildman–Crippen MR) is 88.1 cm³/mol. The van der Waals surface area contributed by atoms with Crippen molar-refractivity contribution in [1.82, 2.24) is 5.32 Å². The lowest BCUT2D eigenvalue weighted by Crippen LogP contribution is -2.47. The fraction of sp³-hybridized carbons (Fsp3) is 0.467. The summed E-state index contributed by atoms with van der Waals surface area (Å²) < 4.78 is 0. The molecule has 4 nitrogen and oxygen atoms in total. The largest absolute Gasteiger partial charge is 0.389 e. The van der Waals surface area contributed by atoms with E-state index in [0.717, 1.165) is 17.7 Å². The van der Waals surface area contributed by atoms with Crippen LogP contribution < -0.4 is 16.0 Å². The summed E-state index contributed by atoms with van der Waals surface area (Å²) in [6.07, 6.45) is 0.881. The Morgan fingerprint density at radius 3 is 2.55 bits per heavy atom. The molecule has 1 amide bonds. The molecule has 110 valence electrons. The number of carbonyl (C=O) groups is 1. The first kappa shape index (κ1) is 16.4. The number of carbonyl (C=O) groups excluding carboxylic acids is 1. The standard InChI is InChI=1S/C15H23N3OS/c1-5-15(2,3)17-13(19)10-18(4)12-9-7-6-8-11(12)14(16)20/h6-9H,5,10H2,1-4H3,(H2,16,20)(H,17,19). The number of hydrogen-bond donors (Lipinski definition) is 2. The summed E-state index contributed by atoms with van der Waals surface area (Å²) in [7, 11) is 1.86. The van der Waals surface area contributed by atoms with Gasteiger partial charge in [-0.25, -0.2) is 0 Å². The van der Waals surface area contributed by atoms with Gasteiger partial charge in [-0.1, -0.05) is 31.3 Å². The third-order valence-corrected chi connectivity index (χ3v) is 3.54. The molecule has 1 aromatic rings. The number of anilines is 1. The number of thiocarbonyl (C=S) groups is 1. The zero-order valence-corrected chi connectivity index (χ0v) is 13.4. The van der Waals surface area contributed by atoms with E-state index in [2.05, 4.69) is 5.32 Å². The van der Waals surface area contributed by atoms with E-state index in [1.165, 1.54) is 0 Å². The van der Waals surface area contributed by atoms with Crippen LogP contribution in [-0.4, -0.2) is 30.0 Å². The molecule has 0 aliphatic rings. The van der Waals surface area contributed by atoms with Crippen LogP contribution in [-0.2, 0) is 4.79 Å². The van der Waals surface area contributed by atoms with Gasteiger partial charge in [0.2, 0.25) is 5.91 Å². The molecule has 0 spiro atoms. The quantitative estimate of drug-likeness (QED) is 0.788. The zero-order valence-electron chi connectivity index (χ0n) is 12.6. The van der Waals surface area contributed by atoms with Crippen molar-refractivity contribution < 1.29 is 4.79 Å². The van der Waals surface area contributed by atoms with Crippen LogP contribution in [0.2, 0.25) is 0 Å². The number of nitrogens with zero attached hydrogens (tertiary/aromatic N) is 1. The maximum atomic E-state index is 12.1. The maximum Gasteiger partial charge on any atom is 0.239 e. The number of amides is 1. The van der Waals surface area contributed by atoms with Gasteiger partial charge in [0.25, 0.3) is 0 Å². The number of nitrogens with two attached hydrogens (primary N) is 1. The van der Waals surface area contributed by atoms with Crippen molar-refractivity contribution in [3.05, 3.63) is 29.8 Å². The molecule has 1 aromatic carbocycles. The normalized spacial score (nSPS) is 11.0. The molecule has 0 aliphatic heterocycles. The van der Waals surface area contributed by atoms with Crippen LogP contribution in [0.3, 0.4) is 0 Å². The highest BCUT2D eigenvalue weighted by atomic mass is 32.1. The lowest BCUT2D eigenvalue weighted by molar-refractivity contribution is -0.121. The van der Waals surface area contributed by atoms with Gasteiger partial charge in [0.15, 0.2) is 0 Å². The molecule has 0 heterocycles. The molecule has 0 saturated carbocycles. The van der Waals surface area contributed by atoms with Crippen LogP contribution in [0.4, 0.5) is 5.69 Å². The highest BCUT2D eigenvalue weighted by Crippen LogP contribution is 2.19. The summed E-state index contributed by atoms with van der Waals surface area (Å²) in [4.78, 5) is 14.3. The third kappa shape index (κ3) is 4.49. The number of benzene rings is 1. The monoisotopic (exact) mass is 293 g/mol. The minimum Gasteiger partial charge on any atom is -0.389 e. The first-order valence-electron chi connectivity index (χ1n) is 6.68. The van der Waals surface area contributed by atoms with Crippen molar-refractivity contribution in [2.45, 2.75) is 32.7 Å². The van der Waals surface area contributed by atoms with Crippen molar-refractivity contribution in [2.24, 2.45) is 5.73 Å². The Balaban J connectivity index is 2.79. The Kier molecular flexibility index (Phi) is 5.51. The lowest BCUT2D eigenvalue weighted by Gasteiger charge is -2.27. The second kappa shape index (κ2) is 6.70. The van der Waals surface area contributed by atoms with Gasteiger partial charge in [-0.15, -0.1) is 0 Å². The van der Waals surface area contributed by atoms with E-state index < -0.39 is 0 Å². The van der Waals surface area contributed by atoms with Crippen LogP contribution in [0.15, 0.2) is 24.3 Å². The molecule has 0 saturated heterocycles. The Morgan fingerprint density at radius 2 is 2.00 bits per heavy atom. The molecular weight excluding hydrogens is 270 g/mol. The van der Waals surface area contributed by atoms with E-state index in [4.69, 9.17) is 18.0 Å². The number of para-hydroxylation sites is 1. The van der Waals surface area contributed by atoms with Gasteiger partial charge in [-0.3, -0.25) is 4.79 Å². The first-order chi connectivity index (χ1) is 9.26. The maximum absolute atomic E-state index is 12.1. The van der Waals surface area contributed by atoms with E-state index in [9.17, 15) is 4.79 Å². The molecule has 5 heteroatoms. The smallest absolute Gasteiger partial charge is 0.239 e. The molecule has 0 fully saturated rings. The topological polar surface area (TPSA) is 58.4 Å². The van der Waals surface area contributed by atoms with Gasteiger partial charge in [0.05, 0.1) is 6.54 Å². The molecule has 3 N–H and O–H groups in total. The van der Waals surface area contributed by atoms with Crippen molar-refractivity contribution in [3.8, 4) is 0 Å². The van der Waals surface area contributed by atoms with Crippen molar-refractivity contribution in [1.29, 1.82) is 0 Å². The van der Waals surface area contributed by atoms with Crippen molar-refractivity contribution in [3.63, 3.8) is 0 Å². The van der Waals surface area contributed by atoms with Crippen molar-refractivity contribution in [2.75, 3.05) is 18.5 Å². The summed E-state index contributed by atoms with van der Waals surface area (Å²) >= 11 is 5.04. The number of nitrogens with one attached hydrogen (secondary N) is 1. The molecule has 0 radical (unpaired) electrons. The van der Waals surface area contributed by atoms with Gasteiger partial charge in [-0.2, -0.15) is 0 Å². The van der Waals surface area contributed by atoms with E-state index in [0.29, 0.717) is 4.99 Å². The van der Waals surface area contributed by atoms with Crippen molar-refractivity contribution >= 4 is 28.8 Å². The van der Waals surface area contributed by atoms with E-state index in [-0.39, 0.29) is 18.0 Å². The molecule has 0 aromatic heterocycles. The molecule has 0 atom stereocenters. The minimum atomic E-state index is -0.194. The fourth-order valence-electron chi connectivity index (χ4n) is 1.82. The molecule has 0 unspecified atom stereocenters. The second-order valence-electron chi connectivity index (χ2n) is 5.52. The van der Waals surface area contributed by atoms with Gasteiger partial charge in [-0.05, 0) is 32.4 Å². The highest BCUT2D eigenvalue weighted by Gasteiger charge is 2.19. The van der Waals surface area contributed by atoms with E-state index in [1.54, 1.807) is 0 Å². The molecule has 0 bridgehead atoms. The van der Waals surface area contributed by atoms with Crippen LogP contribution in [0.25, 0.3) is 0 Å². The summed E-state index contributed by atoms with van der Waals surface area (Å²) in [5, 5.41) is 3.01. The Labute approximate surface area is 126 Å². The fourth-order valence-corrected chi connectivity index (χ4v) is 1.99. The first-order valence-corrected chi connectivity index (χ1v) is 7.08. The number of likely N-dealkylation sites (N-methyl/N-ethyl adjacent to an activating group) is 1. The van der Waals surface area contributed by atoms with Gasteiger partial charge in [0, 0.05) is 23.8 Å². The summed E-state index contributed by atoms with van der Waals surface area (Å²) in [6.45, 7) is 6.33. The van der Waals surface area contributed by atoms with Crippen LogP contribution >= 0.6 is 12.2 Å². The van der Waals surface area contributed by atoms with Gasteiger partial charge < -0.3 is 16.0 Å². The summed E-state index contributed by atoms with van der Waals surface area (Å²) in [6, 6.07) is 7.56. The Hall–Kier alpha value is -1.62. The predicted octanol–water partition coefficient (Wildman–Crippen LogP) is 2.06. The Bertz CT molecular complexity index is 500. The molecule has 1 rings (SSSR count). The van der Waals surface area contributed by atoms with Gasteiger partial charge >= 0.3 is 0 Å². The minimum absolute atomic E-state index is 0.0166. The lowest BCUT2D eigenvalue weighted by atomic mass is 10.0. The second-order valence-corrected chi connectivity index (χ2v) is 5.96. The summed E-state index contributed by atoms with van der Waals surface area (Å²) in [5.41, 5.74) is 7.17. The van der Waals surface area contributed by atoms with E-state index >= 15 is 0 Å². The summed E-state index contributed by atoms with van der Waals surface area (Å²) in [5.74, 6) is -0.0166. The highest BCUT2D eigenvalue weighted by molar-refractivity contribution is 7.80. The SMILES string of the molecule is CCC(C)(C)NC(=O)CN(C)c1ccccc1C(N)=S. The van der Waals surface area contributed by atoms with Crippen LogP contribution in [0.1, 0.15) is 32.8 Å². The Morgan fingerprint density at radius 1 is 1.40 bits per heavy atom. The molecule has 20 heavy (non-hydrogen) atoms. The zero-order chi connectivity index (χ0) is 15.3. The molecule has 0 aliphatic carbocycles. The van der Waals surface area contributed by atoms with Gasteiger partial charge in [0.1, 0.15) is 4.99 Å². The average molecular weight is 293 g/mol. The average Bonchev–Trinajstić information content (AvgIpc) is 2.37. The number of rotatable bonds is 6. The third-order valence-electron chi connectivity index (χ3n) is 3.32. The number of hydrogen-bond acceptors (Lipinski definition) is 3. The van der Waals surface area contributed by atoms with Crippen LogP contribution in [0, 0.1) is 0 Å². The van der Waals surface area contributed by atoms with Crippen LogP contribution in [0.5, 0.6) is 0 Å².